The number of hydrogen-bond donors (Lipinski definition) is 1. The predicted octanol–water partition coefficient (Wildman–Crippen LogP) is 5.71. The number of carbonyl (C=O) groups excluding carboxylic acids is 3. The topological polar surface area (TPSA) is 84.9 Å². The standard InChI is InChI=1S/C35H26N2O5/c1-20-10-12-22(13-11-20)31(38)29-30(32(39)23-14-15-27-28(18-23)42-19-41-27)37-17-16-21-6-2-3-7-24(21)33(37)35(29)25-8-4-5-9-26(25)36-34(35)40/h2-18,29-30,33H,19H2,1H3,(H,36,40)/t29-,30+,33-,35-/m1/s1. The molecule has 7 heteroatoms. The Labute approximate surface area is 242 Å². The first-order valence-corrected chi connectivity index (χ1v) is 14.0. The monoisotopic (exact) mass is 554 g/mol. The van der Waals surface area contributed by atoms with E-state index in [9.17, 15) is 14.4 Å². The summed E-state index contributed by atoms with van der Waals surface area (Å²) in [6, 6.07) is 26.3. The Morgan fingerprint density at radius 3 is 2.45 bits per heavy atom. The van der Waals surface area contributed by atoms with Crippen LogP contribution < -0.4 is 14.8 Å². The quantitative estimate of drug-likeness (QED) is 0.326. The number of hydrogen-bond acceptors (Lipinski definition) is 6. The van der Waals surface area contributed by atoms with Crippen molar-refractivity contribution in [2.24, 2.45) is 5.92 Å². The van der Waals surface area contributed by atoms with Crippen molar-refractivity contribution in [1.82, 2.24) is 4.90 Å². The Morgan fingerprint density at radius 1 is 0.857 bits per heavy atom. The molecule has 0 aliphatic carbocycles. The molecular weight excluding hydrogens is 528 g/mol. The summed E-state index contributed by atoms with van der Waals surface area (Å²) in [5.41, 5.74) is 3.73. The number of amides is 1. The van der Waals surface area contributed by atoms with Crippen LogP contribution in [-0.4, -0.2) is 35.2 Å². The number of ketones is 2. The Kier molecular flexibility index (Phi) is 5.22. The van der Waals surface area contributed by atoms with Crippen LogP contribution in [0.5, 0.6) is 11.5 Å². The minimum atomic E-state index is -1.36. The highest BCUT2D eigenvalue weighted by Crippen LogP contribution is 2.62. The second kappa shape index (κ2) is 8.91. The summed E-state index contributed by atoms with van der Waals surface area (Å²) in [5.74, 6) is -0.772. The molecule has 0 radical (unpaired) electrons. The minimum absolute atomic E-state index is 0.0821. The Morgan fingerprint density at radius 2 is 1.60 bits per heavy atom. The average molecular weight is 555 g/mol. The van der Waals surface area contributed by atoms with Crippen molar-refractivity contribution >= 4 is 29.2 Å². The first-order chi connectivity index (χ1) is 20.5. The van der Waals surface area contributed by atoms with E-state index in [2.05, 4.69) is 5.32 Å². The second-order valence-electron chi connectivity index (χ2n) is 11.2. The average Bonchev–Trinajstić information content (AvgIpc) is 3.70. The van der Waals surface area contributed by atoms with Crippen LogP contribution in [0.1, 0.15) is 49.0 Å². The number of ether oxygens (including phenoxy) is 2. The number of anilines is 1. The third-order valence-electron chi connectivity index (χ3n) is 9.11. The maximum absolute atomic E-state index is 14.8. The van der Waals surface area contributed by atoms with E-state index in [0.717, 1.165) is 22.3 Å². The lowest BCUT2D eigenvalue weighted by atomic mass is 9.62. The number of nitrogens with one attached hydrogen (secondary N) is 1. The Balaban J connectivity index is 1.40. The summed E-state index contributed by atoms with van der Waals surface area (Å²) in [4.78, 5) is 46.0. The van der Waals surface area contributed by atoms with Crippen LogP contribution in [0.15, 0.2) is 97.2 Å². The first-order valence-electron chi connectivity index (χ1n) is 14.0. The molecule has 4 aliphatic heterocycles. The smallest absolute Gasteiger partial charge is 0.238 e. The maximum atomic E-state index is 14.8. The maximum Gasteiger partial charge on any atom is 0.238 e. The predicted molar refractivity (Wildman–Crippen MR) is 156 cm³/mol. The van der Waals surface area contributed by atoms with Crippen LogP contribution in [0.4, 0.5) is 5.69 Å². The molecule has 1 fully saturated rings. The zero-order valence-electron chi connectivity index (χ0n) is 22.7. The van der Waals surface area contributed by atoms with Crippen molar-refractivity contribution in [2.75, 3.05) is 12.1 Å². The van der Waals surface area contributed by atoms with Gasteiger partial charge in [-0.25, -0.2) is 0 Å². The van der Waals surface area contributed by atoms with E-state index in [1.54, 1.807) is 30.3 Å². The highest BCUT2D eigenvalue weighted by atomic mass is 16.7. The van der Waals surface area contributed by atoms with E-state index in [4.69, 9.17) is 9.47 Å². The van der Waals surface area contributed by atoms with Gasteiger partial charge in [0.15, 0.2) is 23.1 Å². The summed E-state index contributed by atoms with van der Waals surface area (Å²) in [5, 5.41) is 3.08. The third-order valence-corrected chi connectivity index (χ3v) is 9.11. The van der Waals surface area contributed by atoms with Gasteiger partial charge in [-0.2, -0.15) is 0 Å². The Bertz CT molecular complexity index is 1840. The fourth-order valence-electron chi connectivity index (χ4n) is 7.29. The largest absolute Gasteiger partial charge is 0.454 e. The van der Waals surface area contributed by atoms with Crippen LogP contribution in [0.3, 0.4) is 0 Å². The highest BCUT2D eigenvalue weighted by molar-refractivity contribution is 6.16. The molecule has 4 heterocycles. The molecule has 4 atom stereocenters. The van der Waals surface area contributed by atoms with Crippen LogP contribution in [0.2, 0.25) is 0 Å². The van der Waals surface area contributed by atoms with Crippen molar-refractivity contribution in [1.29, 1.82) is 0 Å². The Hall–Kier alpha value is -5.17. The van der Waals surface area contributed by atoms with Gasteiger partial charge in [0.1, 0.15) is 11.5 Å². The molecule has 42 heavy (non-hydrogen) atoms. The summed E-state index contributed by atoms with van der Waals surface area (Å²) in [6.45, 7) is 2.04. The molecule has 0 aromatic heterocycles. The van der Waals surface area contributed by atoms with Crippen molar-refractivity contribution in [3.63, 3.8) is 0 Å². The first kappa shape index (κ1) is 24.6. The number of fused-ring (bicyclic) bond motifs is 7. The molecule has 1 N–H and O–H groups in total. The molecule has 206 valence electrons. The fourth-order valence-corrected chi connectivity index (χ4v) is 7.29. The molecule has 0 unspecified atom stereocenters. The second-order valence-corrected chi connectivity index (χ2v) is 11.2. The molecule has 4 aromatic rings. The zero-order valence-corrected chi connectivity index (χ0v) is 22.7. The van der Waals surface area contributed by atoms with Gasteiger partial charge < -0.3 is 19.7 Å². The molecule has 1 spiro atoms. The normalized spacial score (nSPS) is 24.3. The van der Waals surface area contributed by atoms with Crippen LogP contribution in [0.25, 0.3) is 6.08 Å². The number of rotatable bonds is 4. The number of carbonyl (C=O) groups is 3. The SMILES string of the molecule is Cc1ccc(C(=O)[C@H]2[C@@H](C(=O)c3ccc4c(c3)OCO4)N3C=Cc4ccccc4[C@@H]3[C@]23C(=O)Nc2ccccc23)cc1. The van der Waals surface area contributed by atoms with Crippen LogP contribution in [-0.2, 0) is 10.2 Å². The molecule has 7 nitrogen and oxygen atoms in total. The van der Waals surface area contributed by atoms with Crippen molar-refractivity contribution in [2.45, 2.75) is 24.4 Å². The molecule has 8 rings (SSSR count). The number of nitrogens with zero attached hydrogens (tertiary/aromatic N) is 1. The minimum Gasteiger partial charge on any atom is -0.454 e. The van der Waals surface area contributed by atoms with Crippen LogP contribution in [0, 0.1) is 12.8 Å². The van der Waals surface area contributed by atoms with E-state index in [1.807, 2.05) is 84.8 Å². The van der Waals surface area contributed by atoms with Gasteiger partial charge in [0, 0.05) is 23.0 Å². The van der Waals surface area contributed by atoms with Crippen molar-refractivity contribution in [3.05, 3.63) is 131 Å². The number of benzene rings is 4. The lowest BCUT2D eigenvalue weighted by molar-refractivity contribution is -0.122. The molecule has 0 bridgehead atoms. The van der Waals surface area contributed by atoms with Gasteiger partial charge in [-0.05, 0) is 54.0 Å². The molecule has 1 saturated heterocycles. The number of Topliss-reactive ketones (excluding diaryl/α,β-unsaturated/α-hetero) is 2. The third kappa shape index (κ3) is 3.25. The highest BCUT2D eigenvalue weighted by Gasteiger charge is 2.70. The van der Waals surface area contributed by atoms with Gasteiger partial charge in [-0.15, -0.1) is 0 Å². The van der Waals surface area contributed by atoms with Crippen molar-refractivity contribution in [3.8, 4) is 11.5 Å². The number of para-hydroxylation sites is 1. The van der Waals surface area contributed by atoms with Gasteiger partial charge in [-0.3, -0.25) is 14.4 Å². The van der Waals surface area contributed by atoms with Crippen LogP contribution >= 0.6 is 0 Å². The van der Waals surface area contributed by atoms with Gasteiger partial charge in [0.05, 0.1) is 12.0 Å². The molecule has 4 aliphatic rings. The van der Waals surface area contributed by atoms with Gasteiger partial charge in [-0.1, -0.05) is 72.3 Å². The lowest BCUT2D eigenvalue weighted by Crippen LogP contribution is -2.49. The van der Waals surface area contributed by atoms with Crippen molar-refractivity contribution < 1.29 is 23.9 Å². The summed E-state index contributed by atoms with van der Waals surface area (Å²) in [6.07, 6.45) is 3.83. The molecular formula is C35H26N2O5. The van der Waals surface area contributed by atoms with E-state index in [1.165, 1.54) is 0 Å². The summed E-state index contributed by atoms with van der Waals surface area (Å²) >= 11 is 0. The fraction of sp³-hybridized carbons (Fsp3) is 0.171. The van der Waals surface area contributed by atoms with E-state index in [-0.39, 0.29) is 24.3 Å². The molecule has 1 amide bonds. The van der Waals surface area contributed by atoms with Gasteiger partial charge >= 0.3 is 0 Å². The van der Waals surface area contributed by atoms with Gasteiger partial charge in [0.2, 0.25) is 12.7 Å². The summed E-state index contributed by atoms with van der Waals surface area (Å²) < 4.78 is 11.1. The lowest BCUT2D eigenvalue weighted by Gasteiger charge is -2.38. The molecule has 4 aromatic carbocycles. The van der Waals surface area contributed by atoms with E-state index in [0.29, 0.717) is 28.3 Å². The number of aryl methyl sites for hydroxylation is 1. The summed E-state index contributed by atoms with van der Waals surface area (Å²) in [7, 11) is 0. The zero-order chi connectivity index (χ0) is 28.6. The van der Waals surface area contributed by atoms with Gasteiger partial charge in [0.25, 0.3) is 0 Å². The molecule has 0 saturated carbocycles. The van der Waals surface area contributed by atoms with E-state index < -0.39 is 23.4 Å². The van der Waals surface area contributed by atoms with E-state index >= 15 is 0 Å².